The van der Waals surface area contributed by atoms with Crippen LogP contribution < -0.4 is 9.47 Å². The molecule has 2 aromatic rings. The minimum Gasteiger partial charge on any atom is -0.486 e. The third kappa shape index (κ3) is 3.37. The summed E-state index contributed by atoms with van der Waals surface area (Å²) >= 11 is 0. The number of aromatic nitrogens is 1. The SMILES string of the molecule is COC(=O)c1cccn1C1CCN(C(=O)c2ccc3c(c2)OCCO3)CC1. The number of rotatable bonds is 3. The molecule has 0 unspecified atom stereocenters. The minimum atomic E-state index is -0.338. The number of fused-ring (bicyclic) bond motifs is 1. The maximum Gasteiger partial charge on any atom is 0.354 e. The van der Waals surface area contributed by atoms with Crippen LogP contribution in [0.4, 0.5) is 0 Å². The second kappa shape index (κ2) is 7.34. The van der Waals surface area contributed by atoms with E-state index in [1.165, 1.54) is 7.11 Å². The second-order valence-corrected chi connectivity index (χ2v) is 6.67. The predicted octanol–water partition coefficient (Wildman–Crippen LogP) is 2.52. The Hall–Kier alpha value is -2.96. The van der Waals surface area contributed by atoms with Crippen molar-refractivity contribution < 1.29 is 23.8 Å². The molecule has 1 fully saturated rings. The van der Waals surface area contributed by atoms with E-state index in [0.717, 1.165) is 12.8 Å². The smallest absolute Gasteiger partial charge is 0.354 e. The number of piperidine rings is 1. The van der Waals surface area contributed by atoms with Crippen molar-refractivity contribution in [3.8, 4) is 11.5 Å². The van der Waals surface area contributed by atoms with Gasteiger partial charge < -0.3 is 23.7 Å². The van der Waals surface area contributed by atoms with Crippen LogP contribution >= 0.6 is 0 Å². The number of nitrogens with zero attached hydrogens (tertiary/aromatic N) is 2. The number of amides is 1. The Balaban J connectivity index is 1.43. The van der Waals surface area contributed by atoms with Gasteiger partial charge >= 0.3 is 5.97 Å². The summed E-state index contributed by atoms with van der Waals surface area (Å²) in [6, 6.07) is 9.11. The summed E-state index contributed by atoms with van der Waals surface area (Å²) < 4.78 is 17.9. The molecular weight excluding hydrogens is 348 g/mol. The Morgan fingerprint density at radius 1 is 1.07 bits per heavy atom. The lowest BCUT2D eigenvalue weighted by atomic mass is 10.0. The molecule has 2 aliphatic rings. The molecule has 0 spiro atoms. The van der Waals surface area contributed by atoms with Crippen LogP contribution in [0.25, 0.3) is 0 Å². The third-order valence-electron chi connectivity index (χ3n) is 5.11. The molecule has 7 heteroatoms. The molecule has 1 amide bonds. The lowest BCUT2D eigenvalue weighted by Crippen LogP contribution is -2.39. The summed E-state index contributed by atoms with van der Waals surface area (Å²) in [6.45, 7) is 2.30. The Morgan fingerprint density at radius 3 is 2.56 bits per heavy atom. The van der Waals surface area contributed by atoms with Crippen molar-refractivity contribution in [1.82, 2.24) is 9.47 Å². The summed E-state index contributed by atoms with van der Waals surface area (Å²) in [5.74, 6) is 0.956. The van der Waals surface area contributed by atoms with E-state index in [-0.39, 0.29) is 17.9 Å². The van der Waals surface area contributed by atoms with Crippen molar-refractivity contribution >= 4 is 11.9 Å². The minimum absolute atomic E-state index is 0.00822. The van der Waals surface area contributed by atoms with Crippen LogP contribution in [0.2, 0.25) is 0 Å². The zero-order valence-corrected chi connectivity index (χ0v) is 15.2. The highest BCUT2D eigenvalue weighted by Crippen LogP contribution is 2.32. The largest absolute Gasteiger partial charge is 0.486 e. The van der Waals surface area contributed by atoms with Crippen LogP contribution in [-0.4, -0.2) is 54.8 Å². The summed E-state index contributed by atoms with van der Waals surface area (Å²) in [4.78, 5) is 26.6. The quantitative estimate of drug-likeness (QED) is 0.777. The summed E-state index contributed by atoms with van der Waals surface area (Å²) in [7, 11) is 1.38. The zero-order chi connectivity index (χ0) is 18.8. The van der Waals surface area contributed by atoms with Crippen molar-refractivity contribution in [1.29, 1.82) is 0 Å². The summed E-state index contributed by atoms with van der Waals surface area (Å²) in [6.07, 6.45) is 3.47. The lowest BCUT2D eigenvalue weighted by Gasteiger charge is -2.33. The molecular formula is C20H22N2O5. The van der Waals surface area contributed by atoms with E-state index in [4.69, 9.17) is 14.2 Å². The molecule has 0 bridgehead atoms. The monoisotopic (exact) mass is 370 g/mol. The predicted molar refractivity (Wildman–Crippen MR) is 97.4 cm³/mol. The van der Waals surface area contributed by atoms with Crippen LogP contribution in [0, 0.1) is 0 Å². The number of esters is 1. The molecule has 0 N–H and O–H groups in total. The molecule has 27 heavy (non-hydrogen) atoms. The van der Waals surface area contributed by atoms with Crippen LogP contribution in [0.5, 0.6) is 11.5 Å². The maximum absolute atomic E-state index is 12.8. The number of benzene rings is 1. The number of likely N-dealkylation sites (tertiary alicyclic amines) is 1. The first-order valence-electron chi connectivity index (χ1n) is 9.11. The maximum atomic E-state index is 12.8. The van der Waals surface area contributed by atoms with Gasteiger partial charge in [0.25, 0.3) is 5.91 Å². The van der Waals surface area contributed by atoms with Crippen molar-refractivity contribution in [2.24, 2.45) is 0 Å². The lowest BCUT2D eigenvalue weighted by molar-refractivity contribution is 0.0573. The molecule has 1 aromatic heterocycles. The number of ether oxygens (including phenoxy) is 3. The Morgan fingerprint density at radius 2 is 1.81 bits per heavy atom. The molecule has 0 saturated carbocycles. The van der Waals surface area contributed by atoms with E-state index in [1.54, 1.807) is 24.3 Å². The van der Waals surface area contributed by atoms with Crippen LogP contribution in [0.1, 0.15) is 39.7 Å². The zero-order valence-electron chi connectivity index (χ0n) is 15.2. The third-order valence-corrected chi connectivity index (χ3v) is 5.11. The molecule has 1 saturated heterocycles. The standard InChI is InChI=1S/C20H22N2O5/c1-25-20(24)16-3-2-8-22(16)15-6-9-21(10-7-15)19(23)14-4-5-17-18(13-14)27-12-11-26-17/h2-5,8,13,15H,6-7,9-12H2,1H3. The van der Waals surface area contributed by atoms with Crippen molar-refractivity contribution in [2.75, 3.05) is 33.4 Å². The van der Waals surface area contributed by atoms with E-state index in [9.17, 15) is 9.59 Å². The first kappa shape index (κ1) is 17.5. The van der Waals surface area contributed by atoms with Gasteiger partial charge in [-0.2, -0.15) is 0 Å². The topological polar surface area (TPSA) is 70.0 Å². The van der Waals surface area contributed by atoms with E-state index in [2.05, 4.69) is 0 Å². The van der Waals surface area contributed by atoms with E-state index in [0.29, 0.717) is 49.1 Å². The van der Waals surface area contributed by atoms with Gasteiger partial charge in [-0.3, -0.25) is 4.79 Å². The van der Waals surface area contributed by atoms with Gasteiger partial charge in [0.05, 0.1) is 7.11 Å². The van der Waals surface area contributed by atoms with Gasteiger partial charge in [0.15, 0.2) is 11.5 Å². The van der Waals surface area contributed by atoms with E-state index >= 15 is 0 Å². The van der Waals surface area contributed by atoms with Gasteiger partial charge in [-0.1, -0.05) is 0 Å². The molecule has 0 aliphatic carbocycles. The molecule has 0 atom stereocenters. The van der Waals surface area contributed by atoms with Crippen LogP contribution in [-0.2, 0) is 4.74 Å². The Bertz CT molecular complexity index is 852. The van der Waals surface area contributed by atoms with E-state index in [1.807, 2.05) is 21.7 Å². The van der Waals surface area contributed by atoms with Gasteiger partial charge in [0.2, 0.25) is 0 Å². The van der Waals surface area contributed by atoms with Gasteiger partial charge in [0, 0.05) is 30.9 Å². The normalized spacial score (nSPS) is 16.9. The average molecular weight is 370 g/mol. The second-order valence-electron chi connectivity index (χ2n) is 6.67. The van der Waals surface area contributed by atoms with Gasteiger partial charge in [-0.15, -0.1) is 0 Å². The Kier molecular flexibility index (Phi) is 4.75. The van der Waals surface area contributed by atoms with Crippen molar-refractivity contribution in [3.05, 3.63) is 47.8 Å². The number of hydrogen-bond acceptors (Lipinski definition) is 5. The molecule has 2 aliphatic heterocycles. The number of carbonyl (C=O) groups excluding carboxylic acids is 2. The van der Waals surface area contributed by atoms with Gasteiger partial charge in [-0.05, 0) is 43.2 Å². The van der Waals surface area contributed by atoms with Crippen molar-refractivity contribution in [3.63, 3.8) is 0 Å². The summed E-state index contributed by atoms with van der Waals surface area (Å²) in [5.41, 5.74) is 1.16. The van der Waals surface area contributed by atoms with Crippen molar-refractivity contribution in [2.45, 2.75) is 18.9 Å². The molecule has 142 valence electrons. The van der Waals surface area contributed by atoms with Crippen LogP contribution in [0.3, 0.4) is 0 Å². The number of hydrogen-bond donors (Lipinski definition) is 0. The highest BCUT2D eigenvalue weighted by Gasteiger charge is 2.27. The molecule has 4 rings (SSSR count). The molecule has 1 aromatic carbocycles. The first-order chi connectivity index (χ1) is 13.2. The highest BCUT2D eigenvalue weighted by molar-refractivity contribution is 5.95. The fourth-order valence-electron chi connectivity index (χ4n) is 3.70. The molecule has 0 radical (unpaired) electrons. The van der Waals surface area contributed by atoms with E-state index < -0.39 is 0 Å². The molecule has 3 heterocycles. The fourth-order valence-corrected chi connectivity index (χ4v) is 3.70. The highest BCUT2D eigenvalue weighted by atomic mass is 16.6. The first-order valence-corrected chi connectivity index (χ1v) is 9.11. The summed E-state index contributed by atoms with van der Waals surface area (Å²) in [5, 5.41) is 0. The number of carbonyl (C=O) groups is 2. The van der Waals surface area contributed by atoms with Gasteiger partial charge in [-0.25, -0.2) is 4.79 Å². The number of methoxy groups -OCH3 is 1. The average Bonchev–Trinajstić information content (AvgIpc) is 3.22. The fraction of sp³-hybridized carbons (Fsp3) is 0.400. The van der Waals surface area contributed by atoms with Crippen LogP contribution in [0.15, 0.2) is 36.5 Å². The molecule has 7 nitrogen and oxygen atoms in total. The van der Waals surface area contributed by atoms with Gasteiger partial charge in [0.1, 0.15) is 18.9 Å². The Labute approximate surface area is 157 Å².